The van der Waals surface area contributed by atoms with Crippen molar-refractivity contribution in [3.63, 3.8) is 0 Å². The zero-order valence-electron chi connectivity index (χ0n) is 29.4. The van der Waals surface area contributed by atoms with E-state index >= 15 is 0 Å². The molecule has 0 saturated carbocycles. The van der Waals surface area contributed by atoms with Gasteiger partial charge in [-0.05, 0) is 82.6 Å². The van der Waals surface area contributed by atoms with Gasteiger partial charge in [0.25, 0.3) is 0 Å². The maximum atomic E-state index is 14.1. The van der Waals surface area contributed by atoms with Crippen LogP contribution in [0.15, 0.2) is 182 Å². The number of nitrogens with zero attached hydrogens (tertiary/aromatic N) is 5. The van der Waals surface area contributed by atoms with E-state index in [1.807, 2.05) is 48.5 Å². The van der Waals surface area contributed by atoms with E-state index in [0.29, 0.717) is 17.6 Å². The van der Waals surface area contributed by atoms with Crippen LogP contribution in [-0.2, 0) is 0 Å². The zero-order valence-corrected chi connectivity index (χ0v) is 29.4. The number of halogens is 1. The first-order valence-corrected chi connectivity index (χ1v) is 18.3. The molecule has 258 valence electrons. The largest absolute Gasteiger partial charge is 0.309 e. The third-order valence-electron chi connectivity index (χ3n) is 10.6. The molecule has 0 N–H and O–H groups in total. The van der Waals surface area contributed by atoms with E-state index in [1.54, 1.807) is 12.1 Å². The minimum Gasteiger partial charge on any atom is -0.309 e. The fourth-order valence-electron chi connectivity index (χ4n) is 8.04. The van der Waals surface area contributed by atoms with Crippen LogP contribution < -0.4 is 0 Å². The minimum absolute atomic E-state index is 0.265. The number of hydrogen-bond donors (Lipinski definition) is 0. The molecule has 0 aliphatic heterocycles. The minimum atomic E-state index is -0.265. The highest BCUT2D eigenvalue weighted by atomic mass is 19.1. The van der Waals surface area contributed by atoms with Crippen LogP contribution in [0.4, 0.5) is 4.39 Å². The zero-order chi connectivity index (χ0) is 36.5. The predicted octanol–water partition coefficient (Wildman–Crippen LogP) is 12.4. The van der Waals surface area contributed by atoms with Crippen molar-refractivity contribution in [1.82, 2.24) is 24.1 Å². The molecule has 0 saturated heterocycles. The van der Waals surface area contributed by atoms with Gasteiger partial charge in [0.2, 0.25) is 5.95 Å². The van der Waals surface area contributed by atoms with Crippen LogP contribution in [0, 0.1) is 5.82 Å². The Kier molecular flexibility index (Phi) is 6.97. The average Bonchev–Trinajstić information content (AvgIpc) is 3.76. The van der Waals surface area contributed by atoms with Gasteiger partial charge in [-0.1, -0.05) is 121 Å². The van der Waals surface area contributed by atoms with Gasteiger partial charge in [-0.15, -0.1) is 0 Å². The third-order valence-corrected chi connectivity index (χ3v) is 10.6. The van der Waals surface area contributed by atoms with Gasteiger partial charge in [0.1, 0.15) is 5.82 Å². The molecule has 0 bridgehead atoms. The standard InChI is InChI=1S/C49H30FN5/c50-37-24-21-32-27-36(20-19-33(32)28-37)48-51-47(31-11-3-1-4-12-31)52-49(53-48)55-44-18-10-7-15-39(44)41-25-22-35(30-46(41)55)34-23-26-45-42(29-34)40-16-8-9-17-43(40)54(45)38-13-5-2-6-14-38/h1-30H. The molecule has 0 aliphatic rings. The van der Waals surface area contributed by atoms with Gasteiger partial charge in [0.05, 0.1) is 22.1 Å². The Morgan fingerprint density at radius 1 is 0.345 bits per heavy atom. The molecule has 6 heteroatoms. The fourth-order valence-corrected chi connectivity index (χ4v) is 8.04. The van der Waals surface area contributed by atoms with E-state index in [9.17, 15) is 4.39 Å². The topological polar surface area (TPSA) is 48.5 Å². The highest BCUT2D eigenvalue weighted by Gasteiger charge is 2.19. The lowest BCUT2D eigenvalue weighted by Gasteiger charge is -2.12. The quantitative estimate of drug-likeness (QED) is 0.179. The van der Waals surface area contributed by atoms with Gasteiger partial charge in [-0.25, -0.2) is 9.37 Å². The van der Waals surface area contributed by atoms with Gasteiger partial charge in [0.15, 0.2) is 11.6 Å². The van der Waals surface area contributed by atoms with Gasteiger partial charge in [-0.2, -0.15) is 9.97 Å². The van der Waals surface area contributed by atoms with Crippen LogP contribution in [0.1, 0.15) is 0 Å². The molecule has 11 rings (SSSR count). The summed E-state index contributed by atoms with van der Waals surface area (Å²) in [5.41, 5.74) is 9.40. The summed E-state index contributed by atoms with van der Waals surface area (Å²) in [4.78, 5) is 15.3. The lowest BCUT2D eigenvalue weighted by molar-refractivity contribution is 0.630. The highest BCUT2D eigenvalue weighted by Crippen LogP contribution is 2.38. The lowest BCUT2D eigenvalue weighted by Crippen LogP contribution is -2.06. The normalized spacial score (nSPS) is 11.7. The summed E-state index contributed by atoms with van der Waals surface area (Å²) in [7, 11) is 0. The second-order valence-electron chi connectivity index (χ2n) is 13.9. The summed E-state index contributed by atoms with van der Waals surface area (Å²) in [5, 5.41) is 6.36. The maximum absolute atomic E-state index is 14.1. The maximum Gasteiger partial charge on any atom is 0.238 e. The summed E-state index contributed by atoms with van der Waals surface area (Å²) in [6.07, 6.45) is 0. The van der Waals surface area contributed by atoms with Gasteiger partial charge in [0, 0.05) is 38.4 Å². The summed E-state index contributed by atoms with van der Waals surface area (Å²) in [5.74, 6) is 1.37. The van der Waals surface area contributed by atoms with Crippen LogP contribution in [0.5, 0.6) is 0 Å². The molecular weight excluding hydrogens is 678 g/mol. The molecule has 0 fully saturated rings. The molecule has 5 nitrogen and oxygen atoms in total. The molecule has 0 radical (unpaired) electrons. The average molecular weight is 708 g/mol. The van der Waals surface area contributed by atoms with Gasteiger partial charge < -0.3 is 4.57 Å². The second-order valence-corrected chi connectivity index (χ2v) is 13.9. The predicted molar refractivity (Wildman–Crippen MR) is 222 cm³/mol. The molecule has 3 heterocycles. The molecule has 0 spiro atoms. The Morgan fingerprint density at radius 3 is 1.71 bits per heavy atom. The van der Waals surface area contributed by atoms with Crippen molar-refractivity contribution in [2.75, 3.05) is 0 Å². The number of rotatable bonds is 5. The number of hydrogen-bond acceptors (Lipinski definition) is 3. The molecule has 0 aliphatic carbocycles. The Morgan fingerprint density at radius 2 is 0.909 bits per heavy atom. The number of aromatic nitrogens is 5. The van der Waals surface area contributed by atoms with Gasteiger partial charge >= 0.3 is 0 Å². The Bertz CT molecular complexity index is 3270. The third kappa shape index (κ3) is 5.11. The number of benzene rings is 8. The fraction of sp³-hybridized carbons (Fsp3) is 0. The van der Waals surface area contributed by atoms with Crippen LogP contribution in [0.3, 0.4) is 0 Å². The first-order valence-electron chi connectivity index (χ1n) is 18.3. The number of para-hydroxylation sites is 3. The SMILES string of the molecule is Fc1ccc2cc(-c3nc(-c4ccccc4)nc(-n4c5ccccc5c5ccc(-c6ccc7c(c6)c6ccccc6n7-c6ccccc6)cc54)n3)ccc2c1. The van der Waals surface area contributed by atoms with Crippen LogP contribution in [-0.4, -0.2) is 24.1 Å². The summed E-state index contributed by atoms with van der Waals surface area (Å²) in [6, 6.07) is 61.7. The van der Waals surface area contributed by atoms with Crippen LogP contribution in [0.2, 0.25) is 0 Å². The van der Waals surface area contributed by atoms with E-state index < -0.39 is 0 Å². The molecule has 3 aromatic heterocycles. The molecular formula is C49H30FN5. The first kappa shape index (κ1) is 31.1. The summed E-state index contributed by atoms with van der Waals surface area (Å²) < 4.78 is 18.6. The molecule has 0 unspecified atom stereocenters. The number of fused-ring (bicyclic) bond motifs is 7. The van der Waals surface area contributed by atoms with Crippen LogP contribution >= 0.6 is 0 Å². The Labute approximate surface area is 315 Å². The highest BCUT2D eigenvalue weighted by molar-refractivity contribution is 6.12. The van der Waals surface area contributed by atoms with Crippen LogP contribution in [0.25, 0.3) is 99.9 Å². The molecule has 0 amide bonds. The van der Waals surface area contributed by atoms with E-state index in [0.717, 1.165) is 66.0 Å². The first-order chi connectivity index (χ1) is 27.2. The Balaban J connectivity index is 1.13. The monoisotopic (exact) mass is 707 g/mol. The smallest absolute Gasteiger partial charge is 0.238 e. The van der Waals surface area contributed by atoms with E-state index in [1.165, 1.54) is 22.4 Å². The van der Waals surface area contributed by atoms with Crippen molar-refractivity contribution in [3.8, 4) is 45.5 Å². The van der Waals surface area contributed by atoms with E-state index in [4.69, 9.17) is 15.0 Å². The second kappa shape index (κ2) is 12.3. The molecule has 55 heavy (non-hydrogen) atoms. The summed E-state index contributed by atoms with van der Waals surface area (Å²) in [6.45, 7) is 0. The van der Waals surface area contributed by atoms with Gasteiger partial charge in [-0.3, -0.25) is 4.57 Å². The van der Waals surface area contributed by atoms with Crippen molar-refractivity contribution < 1.29 is 4.39 Å². The van der Waals surface area contributed by atoms with Crippen molar-refractivity contribution in [2.24, 2.45) is 0 Å². The van der Waals surface area contributed by atoms with E-state index in [-0.39, 0.29) is 5.82 Å². The van der Waals surface area contributed by atoms with Crippen molar-refractivity contribution in [3.05, 3.63) is 188 Å². The summed E-state index contributed by atoms with van der Waals surface area (Å²) >= 11 is 0. The van der Waals surface area contributed by atoms with Crippen molar-refractivity contribution in [1.29, 1.82) is 0 Å². The van der Waals surface area contributed by atoms with E-state index in [2.05, 4.69) is 124 Å². The molecule has 0 atom stereocenters. The van der Waals surface area contributed by atoms with Crippen molar-refractivity contribution in [2.45, 2.75) is 0 Å². The molecule has 11 aromatic rings. The van der Waals surface area contributed by atoms with Crippen molar-refractivity contribution >= 4 is 54.4 Å². The molecule has 8 aromatic carbocycles. The Hall–Kier alpha value is -7.44. The lowest BCUT2D eigenvalue weighted by atomic mass is 10.0.